The molecule has 0 aliphatic carbocycles. The maximum absolute atomic E-state index is 13.0. The summed E-state index contributed by atoms with van der Waals surface area (Å²) in [4.78, 5) is 3.88. The molecular weight excluding hydrogens is 732 g/mol. The van der Waals surface area contributed by atoms with Crippen molar-refractivity contribution in [1.82, 2.24) is 9.80 Å². The van der Waals surface area contributed by atoms with Gasteiger partial charge in [-0.2, -0.15) is 39.7 Å². The van der Waals surface area contributed by atoms with Crippen LogP contribution in [0, 0.1) is 13.3 Å². The molecule has 4 nitrogen and oxygen atoms in total. The van der Waals surface area contributed by atoms with Crippen molar-refractivity contribution in [2.45, 2.75) is 24.4 Å². The van der Waals surface area contributed by atoms with Gasteiger partial charge in [-0.15, -0.1) is 0 Å². The van der Waals surface area contributed by atoms with Gasteiger partial charge >= 0.3 is 47.4 Å². The SMILES string of the molecule is CN([CH-]Nc1ccc(C(F)(F)F)cc1)C(c1ccccc1)[C@H](c1ccccc1)N(C)[CH-]Nc1ccc(C(F)(F)F)cc1.[Cl][Pd][Cl]. The topological polar surface area (TPSA) is 30.5 Å². The van der Waals surface area contributed by atoms with E-state index in [1.165, 1.54) is 24.3 Å². The second-order valence-electron chi connectivity index (χ2n) is 9.78. The molecule has 2 N–H and O–H groups in total. The van der Waals surface area contributed by atoms with Crippen molar-refractivity contribution in [2.24, 2.45) is 0 Å². The van der Waals surface area contributed by atoms with Crippen LogP contribution in [0.4, 0.5) is 37.7 Å². The first-order valence-corrected chi connectivity index (χ1v) is 17.3. The summed E-state index contributed by atoms with van der Waals surface area (Å²) in [6, 6.07) is 28.4. The van der Waals surface area contributed by atoms with Crippen LogP contribution in [0.15, 0.2) is 109 Å². The number of hydrogen-bond acceptors (Lipinski definition) is 4. The van der Waals surface area contributed by atoms with E-state index in [1.807, 2.05) is 84.6 Å². The summed E-state index contributed by atoms with van der Waals surface area (Å²) < 4.78 is 78.0. The summed E-state index contributed by atoms with van der Waals surface area (Å²) in [5.41, 5.74) is 1.45. The third kappa shape index (κ3) is 11.2. The van der Waals surface area contributed by atoms with Crippen molar-refractivity contribution in [3.63, 3.8) is 0 Å². The van der Waals surface area contributed by atoms with Crippen molar-refractivity contribution in [3.05, 3.63) is 145 Å². The zero-order chi connectivity index (χ0) is 33.0. The van der Waals surface area contributed by atoms with Gasteiger partial charge < -0.3 is 20.4 Å². The van der Waals surface area contributed by atoms with E-state index < -0.39 is 23.5 Å². The first-order valence-electron chi connectivity index (χ1n) is 13.3. The second-order valence-corrected chi connectivity index (χ2v) is 12.1. The number of alkyl halides is 6. The first-order chi connectivity index (χ1) is 21.3. The Morgan fingerprint density at radius 3 is 1.11 bits per heavy atom. The number of nitrogens with one attached hydrogen (secondary N) is 2. The molecule has 0 saturated heterocycles. The van der Waals surface area contributed by atoms with Crippen LogP contribution in [0.5, 0.6) is 0 Å². The molecule has 13 heteroatoms. The van der Waals surface area contributed by atoms with Gasteiger partial charge in [0.1, 0.15) is 0 Å². The number of anilines is 2. The van der Waals surface area contributed by atoms with Gasteiger partial charge in [-0.3, -0.25) is 0 Å². The van der Waals surface area contributed by atoms with Gasteiger partial charge in [0.25, 0.3) is 0 Å². The van der Waals surface area contributed by atoms with Crippen LogP contribution in [0.1, 0.15) is 34.3 Å². The summed E-state index contributed by atoms with van der Waals surface area (Å²) in [5, 5.41) is 6.18. The molecule has 45 heavy (non-hydrogen) atoms. The fourth-order valence-electron chi connectivity index (χ4n) is 4.60. The number of rotatable bonds is 11. The van der Waals surface area contributed by atoms with Crippen LogP contribution >= 0.6 is 19.1 Å². The zero-order valence-corrected chi connectivity index (χ0v) is 27.0. The summed E-state index contributed by atoms with van der Waals surface area (Å²) in [5.74, 6) is 0. The molecule has 4 aromatic carbocycles. The van der Waals surface area contributed by atoms with E-state index in [4.69, 9.17) is 19.1 Å². The standard InChI is InChI=1S/C32H30F6N4.2ClH.Pd/c1-41(21-39-27-17-13-25(14-18-27)31(33,34)35)29(23-9-5-3-6-10-23)30(24-11-7-4-8-12-24)42(2)22-40-28-19-15-26(16-20-28)32(36,37)38;;;/h3-22,29-30,39-40H,1-2H3;2*1H;/q-2;;;+2/p-2/t29-,30?;;;/m0.../s1. The number of hydrogen-bond donors (Lipinski definition) is 2. The van der Waals surface area contributed by atoms with Gasteiger partial charge in [0.15, 0.2) is 0 Å². The van der Waals surface area contributed by atoms with Gasteiger partial charge in [0.2, 0.25) is 0 Å². The molecule has 2 atom stereocenters. The molecule has 0 spiro atoms. The second kappa shape index (κ2) is 17.2. The molecule has 1 unspecified atom stereocenters. The molecule has 0 amide bonds. The van der Waals surface area contributed by atoms with Crippen LogP contribution in [-0.2, 0) is 28.3 Å². The van der Waals surface area contributed by atoms with Gasteiger partial charge in [-0.25, -0.2) is 0 Å². The summed E-state index contributed by atoms with van der Waals surface area (Å²) in [6.45, 7) is 3.40. The van der Waals surface area contributed by atoms with Gasteiger partial charge in [0.05, 0.1) is 11.1 Å². The minimum atomic E-state index is -4.42. The van der Waals surface area contributed by atoms with E-state index in [2.05, 4.69) is 10.6 Å². The van der Waals surface area contributed by atoms with Crippen molar-refractivity contribution in [3.8, 4) is 0 Å². The summed E-state index contributed by atoms with van der Waals surface area (Å²) >= 11 is -0.106. The van der Waals surface area contributed by atoms with Crippen molar-refractivity contribution in [2.75, 3.05) is 24.7 Å². The molecule has 0 aliphatic heterocycles. The van der Waals surface area contributed by atoms with Crippen LogP contribution < -0.4 is 10.6 Å². The number of likely N-dealkylation sites (N-methyl/N-ethyl adjacent to an activating group) is 2. The summed E-state index contributed by atoms with van der Waals surface area (Å²) in [7, 11) is 13.4. The van der Waals surface area contributed by atoms with Crippen LogP contribution in [0.25, 0.3) is 0 Å². The first kappa shape index (κ1) is 36.7. The van der Waals surface area contributed by atoms with E-state index in [0.717, 1.165) is 35.4 Å². The fourth-order valence-corrected chi connectivity index (χ4v) is 4.60. The Morgan fingerprint density at radius 1 is 0.556 bits per heavy atom. The molecule has 0 aliphatic rings. The Hall–Kier alpha value is -2.78. The zero-order valence-electron chi connectivity index (χ0n) is 23.9. The average molecular weight is 762 g/mol. The van der Waals surface area contributed by atoms with Crippen LogP contribution in [-0.4, -0.2) is 23.9 Å². The maximum atomic E-state index is 13.0. The molecule has 246 valence electrons. The molecule has 0 aromatic heterocycles. The molecule has 0 heterocycles. The molecule has 0 bridgehead atoms. The molecule has 0 saturated carbocycles. The predicted molar refractivity (Wildman–Crippen MR) is 164 cm³/mol. The molecule has 0 radical (unpaired) electrons. The molecule has 4 aromatic rings. The third-order valence-electron chi connectivity index (χ3n) is 6.75. The average Bonchev–Trinajstić information content (AvgIpc) is 3.02. The number of benzene rings is 4. The Bertz CT molecular complexity index is 1300. The van der Waals surface area contributed by atoms with Gasteiger partial charge in [0, 0.05) is 23.5 Å². The minimum absolute atomic E-state index is 0.106. The van der Waals surface area contributed by atoms with Crippen molar-refractivity contribution >= 4 is 30.4 Å². The Balaban J connectivity index is 0.00000177. The van der Waals surface area contributed by atoms with Gasteiger partial charge in [-0.1, -0.05) is 60.7 Å². The quantitative estimate of drug-likeness (QED) is 0.0906. The van der Waals surface area contributed by atoms with Crippen molar-refractivity contribution in [1.29, 1.82) is 0 Å². The fraction of sp³-hybridized carbons (Fsp3) is 0.188. The molecule has 4 rings (SSSR count). The van der Waals surface area contributed by atoms with Crippen molar-refractivity contribution < 1.29 is 42.3 Å². The Morgan fingerprint density at radius 2 is 0.844 bits per heavy atom. The van der Waals surface area contributed by atoms with E-state index in [0.29, 0.717) is 11.4 Å². The molecular formula is C32H30Cl2F6N4Pd-2. The normalized spacial score (nSPS) is 13.2. The number of nitrogens with zero attached hydrogens (tertiary/aromatic N) is 2. The Labute approximate surface area is 275 Å². The van der Waals surface area contributed by atoms with E-state index >= 15 is 0 Å². The molecule has 0 fully saturated rings. The van der Waals surface area contributed by atoms with Crippen LogP contribution in [0.3, 0.4) is 0 Å². The van der Waals surface area contributed by atoms with Crippen LogP contribution in [0.2, 0.25) is 0 Å². The predicted octanol–water partition coefficient (Wildman–Crippen LogP) is 10.2. The Kier molecular flexibility index (Phi) is 14.0. The van der Waals surface area contributed by atoms with E-state index in [-0.39, 0.29) is 28.0 Å². The van der Waals surface area contributed by atoms with E-state index in [1.54, 1.807) is 13.3 Å². The monoisotopic (exact) mass is 760 g/mol. The third-order valence-corrected chi connectivity index (χ3v) is 6.75. The number of halogens is 8. The van der Waals surface area contributed by atoms with E-state index in [9.17, 15) is 26.3 Å². The summed E-state index contributed by atoms with van der Waals surface area (Å²) in [6.07, 6.45) is -8.84. The van der Waals surface area contributed by atoms with Gasteiger partial charge in [-0.05, 0) is 73.8 Å².